The molecule has 0 saturated heterocycles. The van der Waals surface area contributed by atoms with Crippen LogP contribution in [0.15, 0.2) is 52.0 Å². The minimum atomic E-state index is -2.45. The van der Waals surface area contributed by atoms with Crippen molar-refractivity contribution in [2.45, 2.75) is 16.4 Å². The van der Waals surface area contributed by atoms with E-state index in [1.54, 1.807) is 30.2 Å². The van der Waals surface area contributed by atoms with E-state index in [2.05, 4.69) is 5.32 Å². The number of thioether (sulfide) groups is 2. The molecule has 2 rings (SSSR count). The van der Waals surface area contributed by atoms with Crippen molar-refractivity contribution in [2.75, 3.05) is 12.3 Å². The monoisotopic (exact) mass is 343 g/mol. The van der Waals surface area contributed by atoms with Crippen molar-refractivity contribution in [3.63, 3.8) is 0 Å². The summed E-state index contributed by atoms with van der Waals surface area (Å²) in [6.45, 7) is 0.539. The van der Waals surface area contributed by atoms with Gasteiger partial charge < -0.3 is 9.73 Å². The van der Waals surface area contributed by atoms with Crippen molar-refractivity contribution in [2.24, 2.45) is 0 Å². The minimum absolute atomic E-state index is 0.202. The van der Waals surface area contributed by atoms with E-state index >= 15 is 0 Å². The van der Waals surface area contributed by atoms with Gasteiger partial charge in [0.15, 0.2) is 0 Å². The van der Waals surface area contributed by atoms with E-state index in [1.807, 2.05) is 12.1 Å². The standard InChI is InChI=1S/C15H15F2NO2S2/c16-15(17)22-13-5-3-11(4-6-13)14(19)18-7-9-21-10-12-2-1-8-20-12/h1-6,8,15H,7,9-10H2,(H,18,19). The van der Waals surface area contributed by atoms with Gasteiger partial charge in [-0.05, 0) is 36.4 Å². The molecule has 0 unspecified atom stereocenters. The number of amides is 1. The molecule has 118 valence electrons. The first kappa shape index (κ1) is 16.9. The number of furan rings is 1. The highest BCUT2D eigenvalue weighted by molar-refractivity contribution is 7.99. The van der Waals surface area contributed by atoms with Gasteiger partial charge in [0, 0.05) is 22.8 Å². The average Bonchev–Trinajstić information content (AvgIpc) is 3.00. The summed E-state index contributed by atoms with van der Waals surface area (Å²) in [6, 6.07) is 9.90. The molecule has 1 N–H and O–H groups in total. The molecule has 0 bridgehead atoms. The van der Waals surface area contributed by atoms with Gasteiger partial charge in [0.2, 0.25) is 0 Å². The molecule has 0 fully saturated rings. The van der Waals surface area contributed by atoms with Gasteiger partial charge in [0.25, 0.3) is 11.7 Å². The number of benzene rings is 1. The highest BCUT2D eigenvalue weighted by Gasteiger charge is 2.08. The molecule has 0 aliphatic carbocycles. The molecule has 1 aromatic heterocycles. The normalized spacial score (nSPS) is 10.9. The zero-order valence-corrected chi connectivity index (χ0v) is 13.3. The van der Waals surface area contributed by atoms with Crippen LogP contribution >= 0.6 is 23.5 Å². The number of hydrogen-bond donors (Lipinski definition) is 1. The molecule has 0 saturated carbocycles. The van der Waals surface area contributed by atoms with Gasteiger partial charge in [-0.15, -0.1) is 0 Å². The van der Waals surface area contributed by atoms with Crippen LogP contribution in [0.25, 0.3) is 0 Å². The summed E-state index contributed by atoms with van der Waals surface area (Å²) in [4.78, 5) is 12.3. The van der Waals surface area contributed by atoms with E-state index in [4.69, 9.17) is 4.42 Å². The summed E-state index contributed by atoms with van der Waals surface area (Å²) in [5.41, 5.74) is 0.467. The summed E-state index contributed by atoms with van der Waals surface area (Å²) in [5.74, 6) is -0.213. The Morgan fingerprint density at radius 1 is 1.23 bits per heavy atom. The highest BCUT2D eigenvalue weighted by Crippen LogP contribution is 2.25. The summed E-state index contributed by atoms with van der Waals surface area (Å²) in [7, 11) is 0. The number of alkyl halides is 2. The first-order chi connectivity index (χ1) is 10.6. The average molecular weight is 343 g/mol. The fourth-order valence-electron chi connectivity index (χ4n) is 1.69. The fourth-order valence-corrected chi connectivity index (χ4v) is 2.95. The van der Waals surface area contributed by atoms with E-state index in [1.165, 1.54) is 12.1 Å². The van der Waals surface area contributed by atoms with Crippen LogP contribution < -0.4 is 5.32 Å². The van der Waals surface area contributed by atoms with Crippen LogP contribution in [-0.2, 0) is 5.75 Å². The second-order valence-corrected chi connectivity index (χ2v) is 6.46. The molecule has 7 heteroatoms. The Hall–Kier alpha value is -1.47. The lowest BCUT2D eigenvalue weighted by Crippen LogP contribution is -2.25. The van der Waals surface area contributed by atoms with Crippen molar-refractivity contribution in [1.82, 2.24) is 5.32 Å². The Bertz CT molecular complexity index is 574. The van der Waals surface area contributed by atoms with Crippen LogP contribution in [0.1, 0.15) is 16.1 Å². The molecule has 0 radical (unpaired) electrons. The molecular formula is C15H15F2NO2S2. The van der Waals surface area contributed by atoms with E-state index in [0.717, 1.165) is 17.3 Å². The SMILES string of the molecule is O=C(NCCSCc1ccco1)c1ccc(SC(F)F)cc1. The van der Waals surface area contributed by atoms with Crippen molar-refractivity contribution >= 4 is 29.4 Å². The Kier molecular flexibility index (Phi) is 6.79. The second-order valence-electron chi connectivity index (χ2n) is 4.29. The number of halogens is 2. The maximum atomic E-state index is 12.2. The van der Waals surface area contributed by atoms with Crippen LogP contribution in [-0.4, -0.2) is 24.0 Å². The fraction of sp³-hybridized carbons (Fsp3) is 0.267. The second kappa shape index (κ2) is 8.85. The lowest BCUT2D eigenvalue weighted by atomic mass is 10.2. The van der Waals surface area contributed by atoms with Crippen molar-refractivity contribution in [3.8, 4) is 0 Å². The summed E-state index contributed by atoms with van der Waals surface area (Å²) in [5, 5.41) is 2.79. The molecule has 3 nitrogen and oxygen atoms in total. The van der Waals surface area contributed by atoms with Crippen LogP contribution in [0.5, 0.6) is 0 Å². The number of nitrogens with one attached hydrogen (secondary N) is 1. The Balaban J connectivity index is 1.68. The molecule has 22 heavy (non-hydrogen) atoms. The van der Waals surface area contributed by atoms with Crippen molar-refractivity contribution in [3.05, 3.63) is 54.0 Å². The molecule has 0 aliphatic heterocycles. The van der Waals surface area contributed by atoms with Gasteiger partial charge >= 0.3 is 0 Å². The van der Waals surface area contributed by atoms with E-state index in [0.29, 0.717) is 28.8 Å². The van der Waals surface area contributed by atoms with Gasteiger partial charge in [-0.2, -0.15) is 20.5 Å². The van der Waals surface area contributed by atoms with Crippen LogP contribution in [0.4, 0.5) is 8.78 Å². The first-order valence-corrected chi connectivity index (χ1v) is 8.62. The van der Waals surface area contributed by atoms with E-state index < -0.39 is 5.76 Å². The minimum Gasteiger partial charge on any atom is -0.468 e. The maximum Gasteiger partial charge on any atom is 0.288 e. The smallest absolute Gasteiger partial charge is 0.288 e. The van der Waals surface area contributed by atoms with Crippen LogP contribution in [0.2, 0.25) is 0 Å². The maximum absolute atomic E-state index is 12.2. The lowest BCUT2D eigenvalue weighted by molar-refractivity contribution is 0.0956. The highest BCUT2D eigenvalue weighted by atomic mass is 32.2. The quantitative estimate of drug-likeness (QED) is 0.574. The zero-order chi connectivity index (χ0) is 15.8. The van der Waals surface area contributed by atoms with Crippen LogP contribution in [0.3, 0.4) is 0 Å². The van der Waals surface area contributed by atoms with Gasteiger partial charge in [0.1, 0.15) is 5.76 Å². The molecule has 0 spiro atoms. The Labute approximate surface area is 135 Å². The summed E-state index contributed by atoms with van der Waals surface area (Å²) < 4.78 is 29.6. The third kappa shape index (κ3) is 5.73. The van der Waals surface area contributed by atoms with E-state index in [-0.39, 0.29) is 5.91 Å². The predicted octanol–water partition coefficient (Wildman–Crippen LogP) is 4.26. The number of hydrogen-bond acceptors (Lipinski definition) is 4. The van der Waals surface area contributed by atoms with Crippen LogP contribution in [0, 0.1) is 0 Å². The number of rotatable bonds is 8. The third-order valence-corrected chi connectivity index (χ3v) is 4.40. The topological polar surface area (TPSA) is 42.2 Å². The third-order valence-electron chi connectivity index (χ3n) is 2.70. The van der Waals surface area contributed by atoms with Gasteiger partial charge in [-0.3, -0.25) is 4.79 Å². The summed E-state index contributed by atoms with van der Waals surface area (Å²) in [6.07, 6.45) is 1.63. The Morgan fingerprint density at radius 2 is 2.00 bits per heavy atom. The van der Waals surface area contributed by atoms with E-state index in [9.17, 15) is 13.6 Å². The van der Waals surface area contributed by atoms with Gasteiger partial charge in [0.05, 0.1) is 12.0 Å². The Morgan fingerprint density at radius 3 is 2.64 bits per heavy atom. The molecular weight excluding hydrogens is 328 g/mol. The van der Waals surface area contributed by atoms with Gasteiger partial charge in [-0.25, -0.2) is 0 Å². The number of carbonyl (C=O) groups is 1. The predicted molar refractivity (Wildman–Crippen MR) is 85.5 cm³/mol. The number of carbonyl (C=O) groups excluding carboxylic acids is 1. The zero-order valence-electron chi connectivity index (χ0n) is 11.6. The summed E-state index contributed by atoms with van der Waals surface area (Å²) >= 11 is 2.13. The largest absolute Gasteiger partial charge is 0.468 e. The molecule has 1 heterocycles. The van der Waals surface area contributed by atoms with Crippen molar-refractivity contribution in [1.29, 1.82) is 0 Å². The van der Waals surface area contributed by atoms with Gasteiger partial charge in [-0.1, -0.05) is 11.8 Å². The molecule has 1 amide bonds. The molecule has 2 aromatic rings. The van der Waals surface area contributed by atoms with Crippen molar-refractivity contribution < 1.29 is 18.0 Å². The lowest BCUT2D eigenvalue weighted by Gasteiger charge is -2.06. The molecule has 1 aromatic carbocycles. The molecule has 0 atom stereocenters. The molecule has 0 aliphatic rings. The first-order valence-electron chi connectivity index (χ1n) is 6.58.